The molecule has 3 heterocycles. The van der Waals surface area contributed by atoms with Crippen LogP contribution in [0.2, 0.25) is 0 Å². The number of aryl methyl sites for hydroxylation is 1. The molecule has 6 heteroatoms. The van der Waals surface area contributed by atoms with Crippen molar-refractivity contribution in [2.45, 2.75) is 19.5 Å². The van der Waals surface area contributed by atoms with Gasteiger partial charge in [-0.05, 0) is 36.8 Å². The summed E-state index contributed by atoms with van der Waals surface area (Å²) in [6.45, 7) is 2.07. The summed E-state index contributed by atoms with van der Waals surface area (Å²) >= 11 is 0. The first-order valence-electron chi connectivity index (χ1n) is 9.89. The average molecular weight is 413 g/mol. The van der Waals surface area contributed by atoms with Crippen LogP contribution in [0, 0.1) is 6.92 Å². The summed E-state index contributed by atoms with van der Waals surface area (Å²) in [5.74, 6) is -1.08. The zero-order valence-corrected chi connectivity index (χ0v) is 16.7. The van der Waals surface area contributed by atoms with E-state index >= 15 is 0 Å². The quantitative estimate of drug-likeness (QED) is 0.460. The van der Waals surface area contributed by atoms with Gasteiger partial charge in [-0.15, -0.1) is 0 Å². The van der Waals surface area contributed by atoms with Crippen LogP contribution in [-0.2, 0) is 11.3 Å². The van der Waals surface area contributed by atoms with Gasteiger partial charge in [-0.3, -0.25) is 9.59 Å². The number of aliphatic hydroxyl groups is 1. The van der Waals surface area contributed by atoms with Crippen molar-refractivity contribution in [2.75, 3.05) is 0 Å². The molecule has 0 spiro atoms. The van der Waals surface area contributed by atoms with Crippen molar-refractivity contribution in [1.29, 1.82) is 0 Å². The number of Topliss-reactive ketones (excluding diaryl/α,β-unsaturated/α-hetero) is 1. The Balaban J connectivity index is 1.61. The van der Waals surface area contributed by atoms with E-state index in [0.29, 0.717) is 16.9 Å². The summed E-state index contributed by atoms with van der Waals surface area (Å²) in [6, 6.07) is 19.1. The first-order valence-corrected chi connectivity index (χ1v) is 9.89. The van der Waals surface area contributed by atoms with Crippen LogP contribution in [0.3, 0.4) is 0 Å². The maximum Gasteiger partial charge on any atom is 0.290 e. The van der Waals surface area contributed by atoms with Gasteiger partial charge in [-0.25, -0.2) is 0 Å². The van der Waals surface area contributed by atoms with E-state index in [1.807, 2.05) is 49.4 Å². The lowest BCUT2D eigenvalue weighted by Gasteiger charge is -2.26. The van der Waals surface area contributed by atoms with Crippen LogP contribution in [-0.4, -0.2) is 21.7 Å². The number of para-hydroxylation sites is 1. The highest BCUT2D eigenvalue weighted by Gasteiger charge is 2.44. The van der Waals surface area contributed by atoms with Crippen molar-refractivity contribution in [1.82, 2.24) is 4.90 Å². The number of amides is 1. The SMILES string of the molecule is Cc1ccc([C@H]2C(C(=O)c3cc4ccccc4o3)=C(O)C(=O)N2Cc2ccco2)cc1. The summed E-state index contributed by atoms with van der Waals surface area (Å²) in [7, 11) is 0. The Labute approximate surface area is 178 Å². The van der Waals surface area contributed by atoms with E-state index in [1.54, 1.807) is 24.3 Å². The normalized spacial score (nSPS) is 16.5. The Morgan fingerprint density at radius 3 is 2.55 bits per heavy atom. The van der Waals surface area contributed by atoms with Crippen molar-refractivity contribution in [3.8, 4) is 0 Å². The van der Waals surface area contributed by atoms with Gasteiger partial charge >= 0.3 is 0 Å². The molecule has 4 aromatic rings. The molecule has 0 unspecified atom stereocenters. The third-order valence-corrected chi connectivity index (χ3v) is 5.50. The Morgan fingerprint density at radius 1 is 1.06 bits per heavy atom. The van der Waals surface area contributed by atoms with Gasteiger partial charge in [0.1, 0.15) is 11.3 Å². The second-order valence-corrected chi connectivity index (χ2v) is 7.57. The number of carbonyl (C=O) groups excluding carboxylic acids is 2. The number of rotatable bonds is 5. The van der Waals surface area contributed by atoms with E-state index in [9.17, 15) is 14.7 Å². The van der Waals surface area contributed by atoms with Crippen LogP contribution < -0.4 is 0 Å². The van der Waals surface area contributed by atoms with Crippen LogP contribution in [0.25, 0.3) is 11.0 Å². The summed E-state index contributed by atoms with van der Waals surface area (Å²) in [4.78, 5) is 27.9. The Morgan fingerprint density at radius 2 is 1.84 bits per heavy atom. The molecule has 31 heavy (non-hydrogen) atoms. The highest BCUT2D eigenvalue weighted by atomic mass is 16.3. The molecule has 154 valence electrons. The molecular weight excluding hydrogens is 394 g/mol. The minimum absolute atomic E-state index is 0.000495. The van der Waals surface area contributed by atoms with Crippen molar-refractivity contribution >= 4 is 22.7 Å². The molecule has 1 N–H and O–H groups in total. The summed E-state index contributed by atoms with van der Waals surface area (Å²) in [5, 5.41) is 11.5. The largest absolute Gasteiger partial charge is 0.503 e. The summed E-state index contributed by atoms with van der Waals surface area (Å²) in [5.41, 5.74) is 2.33. The number of benzene rings is 2. The van der Waals surface area contributed by atoms with E-state index in [4.69, 9.17) is 8.83 Å². The molecule has 0 saturated heterocycles. The Hall–Kier alpha value is -4.06. The molecule has 0 aliphatic carbocycles. The molecule has 2 aromatic heterocycles. The maximum absolute atomic E-state index is 13.5. The number of carbonyl (C=O) groups is 2. The first kappa shape index (κ1) is 18.9. The van der Waals surface area contributed by atoms with Gasteiger partial charge in [0.15, 0.2) is 11.5 Å². The molecule has 2 aromatic carbocycles. The van der Waals surface area contributed by atoms with Crippen LogP contribution in [0.4, 0.5) is 0 Å². The number of ketones is 1. The summed E-state index contributed by atoms with van der Waals surface area (Å²) in [6.07, 6.45) is 1.52. The fourth-order valence-electron chi connectivity index (χ4n) is 3.94. The maximum atomic E-state index is 13.5. The first-order chi connectivity index (χ1) is 15.0. The topological polar surface area (TPSA) is 83.9 Å². The number of aliphatic hydroxyl groups excluding tert-OH is 1. The van der Waals surface area contributed by atoms with E-state index in [1.165, 1.54) is 11.2 Å². The van der Waals surface area contributed by atoms with E-state index in [-0.39, 0.29) is 17.9 Å². The van der Waals surface area contributed by atoms with Crippen molar-refractivity contribution in [3.63, 3.8) is 0 Å². The Kier molecular flexibility index (Phi) is 4.47. The average Bonchev–Trinajstić information content (AvgIpc) is 3.49. The Bertz CT molecular complexity index is 1280. The molecule has 0 fully saturated rings. The zero-order valence-electron chi connectivity index (χ0n) is 16.7. The minimum Gasteiger partial charge on any atom is -0.503 e. The molecule has 1 atom stereocenters. The second kappa shape index (κ2) is 7.32. The number of furan rings is 2. The van der Waals surface area contributed by atoms with E-state index in [2.05, 4.69) is 0 Å². The lowest BCUT2D eigenvalue weighted by molar-refractivity contribution is -0.130. The number of hydrogen-bond acceptors (Lipinski definition) is 5. The lowest BCUT2D eigenvalue weighted by Crippen LogP contribution is -2.30. The van der Waals surface area contributed by atoms with Crippen molar-refractivity contribution < 1.29 is 23.5 Å². The second-order valence-electron chi connectivity index (χ2n) is 7.57. The molecule has 0 bridgehead atoms. The van der Waals surface area contributed by atoms with Gasteiger partial charge in [0.05, 0.1) is 24.4 Å². The smallest absolute Gasteiger partial charge is 0.290 e. The van der Waals surface area contributed by atoms with Crippen LogP contribution >= 0.6 is 0 Å². The lowest BCUT2D eigenvalue weighted by atomic mass is 9.94. The number of nitrogens with zero attached hydrogens (tertiary/aromatic N) is 1. The van der Waals surface area contributed by atoms with Crippen LogP contribution in [0.15, 0.2) is 93.2 Å². The van der Waals surface area contributed by atoms with Gasteiger partial charge in [-0.1, -0.05) is 48.0 Å². The molecule has 0 radical (unpaired) electrons. The molecule has 6 nitrogen and oxygen atoms in total. The monoisotopic (exact) mass is 413 g/mol. The standard InChI is InChI=1S/C25H19NO5/c1-15-8-10-16(11-9-15)22-21(23(27)20-13-17-5-2-3-7-19(17)31-20)24(28)25(29)26(22)14-18-6-4-12-30-18/h2-13,22,28H,14H2,1H3/t22-/m0/s1. The number of fused-ring (bicyclic) bond motifs is 1. The van der Waals surface area contributed by atoms with Gasteiger partial charge in [0.25, 0.3) is 5.91 Å². The van der Waals surface area contributed by atoms with Gasteiger partial charge in [-0.2, -0.15) is 0 Å². The zero-order chi connectivity index (χ0) is 21.5. The molecule has 1 aliphatic rings. The van der Waals surface area contributed by atoms with Gasteiger partial charge < -0.3 is 18.8 Å². The van der Waals surface area contributed by atoms with Crippen LogP contribution in [0.1, 0.15) is 33.5 Å². The minimum atomic E-state index is -0.765. The fourth-order valence-corrected chi connectivity index (χ4v) is 3.94. The van der Waals surface area contributed by atoms with Crippen LogP contribution in [0.5, 0.6) is 0 Å². The highest BCUT2D eigenvalue weighted by Crippen LogP contribution is 2.40. The number of hydrogen-bond donors (Lipinski definition) is 1. The predicted octanol–water partition coefficient (Wildman–Crippen LogP) is 5.11. The molecule has 0 saturated carbocycles. The van der Waals surface area contributed by atoms with E-state index < -0.39 is 23.5 Å². The summed E-state index contributed by atoms with van der Waals surface area (Å²) < 4.78 is 11.1. The highest BCUT2D eigenvalue weighted by molar-refractivity contribution is 6.15. The molecular formula is C25H19NO5. The molecule has 5 rings (SSSR count). The van der Waals surface area contributed by atoms with E-state index in [0.717, 1.165) is 10.9 Å². The van der Waals surface area contributed by atoms with Crippen molar-refractivity contribution in [3.05, 3.63) is 107 Å². The van der Waals surface area contributed by atoms with Gasteiger partial charge in [0.2, 0.25) is 5.78 Å². The third kappa shape index (κ3) is 3.22. The predicted molar refractivity (Wildman–Crippen MR) is 113 cm³/mol. The fraction of sp³-hybridized carbons (Fsp3) is 0.120. The molecule has 1 amide bonds. The third-order valence-electron chi connectivity index (χ3n) is 5.50. The molecule has 1 aliphatic heterocycles. The van der Waals surface area contributed by atoms with Gasteiger partial charge in [0, 0.05) is 5.39 Å². The van der Waals surface area contributed by atoms with Crippen molar-refractivity contribution in [2.24, 2.45) is 0 Å².